The Hall–Kier alpha value is -3.68. The summed E-state index contributed by atoms with van der Waals surface area (Å²) in [5.74, 6) is -1.16. The monoisotopic (exact) mass is 476 g/mol. The second-order valence-corrected chi connectivity index (χ2v) is 9.26. The van der Waals surface area contributed by atoms with Crippen molar-refractivity contribution in [1.29, 1.82) is 0 Å². The van der Waals surface area contributed by atoms with E-state index in [2.05, 4.69) is 0 Å². The Kier molecular flexibility index (Phi) is 6.28. The number of ether oxygens (including phenoxy) is 2. The molecule has 2 aliphatic heterocycles. The van der Waals surface area contributed by atoms with Crippen LogP contribution in [-0.4, -0.2) is 36.8 Å². The number of amides is 3. The van der Waals surface area contributed by atoms with Crippen molar-refractivity contribution < 1.29 is 28.7 Å². The maximum absolute atomic E-state index is 12.9. The first-order chi connectivity index (χ1) is 17.0. The van der Waals surface area contributed by atoms with Gasteiger partial charge in [0.25, 0.3) is 0 Å². The molecule has 0 N–H and O–H groups in total. The van der Waals surface area contributed by atoms with Crippen molar-refractivity contribution in [2.24, 2.45) is 17.8 Å². The van der Waals surface area contributed by atoms with E-state index in [1.165, 1.54) is 4.90 Å². The Morgan fingerprint density at radius 3 is 2.26 bits per heavy atom. The van der Waals surface area contributed by atoms with Crippen LogP contribution >= 0.6 is 0 Å². The normalized spacial score (nSPS) is 24.0. The van der Waals surface area contributed by atoms with Crippen LogP contribution in [0.25, 0.3) is 0 Å². The molecule has 0 radical (unpaired) electrons. The predicted octanol–water partition coefficient (Wildman–Crippen LogP) is 3.72. The molecule has 0 unspecified atom stereocenters. The summed E-state index contributed by atoms with van der Waals surface area (Å²) < 4.78 is 11.0. The van der Waals surface area contributed by atoms with Crippen molar-refractivity contribution in [2.45, 2.75) is 39.0 Å². The number of esters is 1. The van der Waals surface area contributed by atoms with Gasteiger partial charge < -0.3 is 14.4 Å². The molecule has 35 heavy (non-hydrogen) atoms. The lowest BCUT2D eigenvalue weighted by atomic mass is 9.81. The number of carbonyl (C=O) groups excluding carboxylic acids is 4. The van der Waals surface area contributed by atoms with Gasteiger partial charge in [-0.25, -0.2) is 4.90 Å². The lowest BCUT2D eigenvalue weighted by Gasteiger charge is -2.19. The smallest absolute Gasteiger partial charge is 0.316 e. The summed E-state index contributed by atoms with van der Waals surface area (Å²) in [6.07, 6.45) is 3.44. The molecule has 1 aliphatic carbocycles. The minimum atomic E-state index is -0.615. The van der Waals surface area contributed by atoms with Gasteiger partial charge >= 0.3 is 5.97 Å². The van der Waals surface area contributed by atoms with Crippen molar-refractivity contribution in [3.63, 3.8) is 0 Å². The van der Waals surface area contributed by atoms with Crippen LogP contribution in [0, 0.1) is 17.8 Å². The SMILES string of the molecule is CCOc1ccc(N2C[C@@H](C(=O)Oc3cccc(N4C(=O)[C@H]5CCCC[C@@H]5C4=O)c3)CC2=O)cc1. The zero-order valence-electron chi connectivity index (χ0n) is 19.6. The third kappa shape index (κ3) is 4.40. The summed E-state index contributed by atoms with van der Waals surface area (Å²) in [5.41, 5.74) is 1.11. The highest BCUT2D eigenvalue weighted by Gasteiger charge is 2.48. The number of hydrogen-bond acceptors (Lipinski definition) is 6. The quantitative estimate of drug-likeness (QED) is 0.358. The molecule has 2 aromatic rings. The molecule has 5 rings (SSSR count). The molecular weight excluding hydrogens is 448 g/mol. The average Bonchev–Trinajstić information content (AvgIpc) is 3.37. The van der Waals surface area contributed by atoms with E-state index in [0.29, 0.717) is 23.7 Å². The van der Waals surface area contributed by atoms with Crippen LogP contribution < -0.4 is 19.3 Å². The van der Waals surface area contributed by atoms with Gasteiger partial charge in [-0.3, -0.25) is 19.2 Å². The highest BCUT2D eigenvalue weighted by molar-refractivity contribution is 6.22. The number of anilines is 2. The van der Waals surface area contributed by atoms with Gasteiger partial charge in [-0.05, 0) is 56.2 Å². The second kappa shape index (κ2) is 9.52. The maximum atomic E-state index is 12.9. The largest absolute Gasteiger partial charge is 0.494 e. The van der Waals surface area contributed by atoms with Crippen molar-refractivity contribution in [3.05, 3.63) is 48.5 Å². The third-order valence-electron chi connectivity index (χ3n) is 7.05. The minimum absolute atomic E-state index is 0.0538. The first-order valence-corrected chi connectivity index (χ1v) is 12.2. The van der Waals surface area contributed by atoms with E-state index in [-0.39, 0.29) is 48.3 Å². The number of nitrogens with zero attached hydrogens (tertiary/aromatic N) is 2. The van der Waals surface area contributed by atoms with Crippen molar-refractivity contribution in [2.75, 3.05) is 23.0 Å². The molecule has 2 saturated heterocycles. The molecular formula is C27H28N2O6. The maximum Gasteiger partial charge on any atom is 0.316 e. The Labute approximate surface area is 203 Å². The van der Waals surface area contributed by atoms with Crippen LogP contribution in [0.15, 0.2) is 48.5 Å². The molecule has 3 amide bonds. The highest BCUT2D eigenvalue weighted by Crippen LogP contribution is 2.40. The number of imide groups is 1. The number of fused-ring (bicyclic) bond motifs is 1. The van der Waals surface area contributed by atoms with Gasteiger partial charge in [-0.2, -0.15) is 0 Å². The summed E-state index contributed by atoms with van der Waals surface area (Å²) >= 11 is 0. The van der Waals surface area contributed by atoms with Crippen LogP contribution in [0.1, 0.15) is 39.0 Å². The Balaban J connectivity index is 1.26. The summed E-state index contributed by atoms with van der Waals surface area (Å²) in [4.78, 5) is 54.1. The molecule has 3 fully saturated rings. The molecule has 0 aromatic heterocycles. The highest BCUT2D eigenvalue weighted by atomic mass is 16.5. The summed E-state index contributed by atoms with van der Waals surface area (Å²) in [6, 6.07) is 13.7. The van der Waals surface area contributed by atoms with Gasteiger partial charge in [0.15, 0.2) is 0 Å². The minimum Gasteiger partial charge on any atom is -0.494 e. The fourth-order valence-electron chi connectivity index (χ4n) is 5.31. The molecule has 0 spiro atoms. The van der Waals surface area contributed by atoms with Crippen LogP contribution in [0.5, 0.6) is 11.5 Å². The van der Waals surface area contributed by atoms with E-state index in [1.54, 1.807) is 53.4 Å². The average molecular weight is 477 g/mol. The first kappa shape index (κ1) is 23.1. The number of benzene rings is 2. The lowest BCUT2D eigenvalue weighted by molar-refractivity contribution is -0.139. The van der Waals surface area contributed by atoms with Crippen molar-refractivity contribution >= 4 is 35.1 Å². The van der Waals surface area contributed by atoms with E-state index in [0.717, 1.165) is 25.7 Å². The van der Waals surface area contributed by atoms with Gasteiger partial charge in [0.05, 0.1) is 30.0 Å². The molecule has 1 saturated carbocycles. The second-order valence-electron chi connectivity index (χ2n) is 9.26. The van der Waals surface area contributed by atoms with Crippen LogP contribution in [0.3, 0.4) is 0 Å². The number of rotatable bonds is 6. The zero-order valence-corrected chi connectivity index (χ0v) is 19.6. The lowest BCUT2D eigenvalue weighted by Crippen LogP contribution is -2.31. The molecule has 182 valence electrons. The van der Waals surface area contributed by atoms with E-state index >= 15 is 0 Å². The topological polar surface area (TPSA) is 93.2 Å². The van der Waals surface area contributed by atoms with E-state index in [1.807, 2.05) is 6.92 Å². The zero-order chi connectivity index (χ0) is 24.5. The molecule has 3 atom stereocenters. The fourth-order valence-corrected chi connectivity index (χ4v) is 5.31. The van der Waals surface area contributed by atoms with Crippen LogP contribution in [0.4, 0.5) is 11.4 Å². The summed E-state index contributed by atoms with van der Waals surface area (Å²) in [6.45, 7) is 2.67. The Morgan fingerprint density at radius 2 is 1.60 bits per heavy atom. The molecule has 3 aliphatic rings. The number of hydrogen-bond donors (Lipinski definition) is 0. The molecule has 2 aromatic carbocycles. The van der Waals surface area contributed by atoms with Crippen LogP contribution in [-0.2, 0) is 19.2 Å². The number of carbonyl (C=O) groups is 4. The Morgan fingerprint density at radius 1 is 0.914 bits per heavy atom. The van der Waals surface area contributed by atoms with Gasteiger partial charge in [0.2, 0.25) is 17.7 Å². The predicted molar refractivity (Wildman–Crippen MR) is 128 cm³/mol. The summed E-state index contributed by atoms with van der Waals surface area (Å²) in [7, 11) is 0. The van der Waals surface area contributed by atoms with Gasteiger partial charge in [-0.1, -0.05) is 18.9 Å². The van der Waals surface area contributed by atoms with Crippen molar-refractivity contribution in [3.8, 4) is 11.5 Å². The van der Waals surface area contributed by atoms with Crippen molar-refractivity contribution in [1.82, 2.24) is 0 Å². The van der Waals surface area contributed by atoms with Gasteiger partial charge in [0, 0.05) is 24.7 Å². The molecule has 8 nitrogen and oxygen atoms in total. The standard InChI is InChI=1S/C27H28N2O6/c1-2-34-20-12-10-18(11-13-20)28-16-17(14-24(28)30)27(33)35-21-7-5-6-19(15-21)29-25(31)22-8-3-4-9-23(22)26(29)32/h5-7,10-13,15,17,22-23H,2-4,8-9,14,16H2,1H3/t17-,22-,23-/m0/s1. The molecule has 0 bridgehead atoms. The summed E-state index contributed by atoms with van der Waals surface area (Å²) in [5, 5.41) is 0. The third-order valence-corrected chi connectivity index (χ3v) is 7.05. The first-order valence-electron chi connectivity index (χ1n) is 12.2. The van der Waals surface area contributed by atoms with E-state index in [9.17, 15) is 19.2 Å². The van der Waals surface area contributed by atoms with Gasteiger partial charge in [0.1, 0.15) is 11.5 Å². The van der Waals surface area contributed by atoms with Gasteiger partial charge in [-0.15, -0.1) is 0 Å². The molecule has 2 heterocycles. The Bertz CT molecular complexity index is 1140. The molecule has 8 heteroatoms. The van der Waals surface area contributed by atoms with E-state index in [4.69, 9.17) is 9.47 Å². The fraction of sp³-hybridized carbons (Fsp3) is 0.407. The van der Waals surface area contributed by atoms with Crippen LogP contribution in [0.2, 0.25) is 0 Å². The van der Waals surface area contributed by atoms with E-state index < -0.39 is 11.9 Å².